The van der Waals surface area contributed by atoms with Gasteiger partial charge in [0, 0.05) is 31.0 Å². The second-order valence-electron chi connectivity index (χ2n) is 3.99. The minimum Gasteiger partial charge on any atom is -0.357 e. The molecule has 2 rings (SSSR count). The number of aromatic nitrogens is 1. The van der Waals surface area contributed by atoms with Gasteiger partial charge in [0.2, 0.25) is 0 Å². The molecule has 0 aliphatic rings. The first-order valence-corrected chi connectivity index (χ1v) is 5.78. The van der Waals surface area contributed by atoms with Crippen LogP contribution in [0, 0.1) is 5.82 Å². The number of halogens is 2. The molecule has 0 radical (unpaired) electrons. The average molecular weight is 267 g/mol. The third-order valence-corrected chi connectivity index (χ3v) is 2.75. The first-order chi connectivity index (χ1) is 8.56. The third-order valence-electron chi connectivity index (χ3n) is 2.52. The summed E-state index contributed by atoms with van der Waals surface area (Å²) in [5.74, 6) is -1.05. The van der Waals surface area contributed by atoms with Crippen molar-refractivity contribution in [2.75, 3.05) is 0 Å². The molecule has 0 aliphatic carbocycles. The van der Waals surface area contributed by atoms with Gasteiger partial charge in [-0.15, -0.1) is 0 Å². The molecule has 0 spiro atoms. The van der Waals surface area contributed by atoms with Gasteiger partial charge < -0.3 is 9.88 Å². The van der Waals surface area contributed by atoms with E-state index in [2.05, 4.69) is 5.32 Å². The molecule has 5 heteroatoms. The summed E-state index contributed by atoms with van der Waals surface area (Å²) >= 11 is 5.73. The van der Waals surface area contributed by atoms with Crippen LogP contribution in [0.3, 0.4) is 0 Å². The van der Waals surface area contributed by atoms with Crippen LogP contribution in [-0.4, -0.2) is 10.5 Å². The Balaban J connectivity index is 2.05. The lowest BCUT2D eigenvalue weighted by Crippen LogP contribution is -2.23. The van der Waals surface area contributed by atoms with E-state index in [9.17, 15) is 9.18 Å². The molecule has 0 bridgehead atoms. The van der Waals surface area contributed by atoms with Crippen molar-refractivity contribution in [1.29, 1.82) is 0 Å². The van der Waals surface area contributed by atoms with E-state index in [1.54, 1.807) is 0 Å². The normalized spacial score (nSPS) is 10.4. The molecule has 3 nitrogen and oxygen atoms in total. The minimum atomic E-state index is -0.579. The average Bonchev–Trinajstić information content (AvgIpc) is 2.75. The molecule has 0 unspecified atom stereocenters. The quantitative estimate of drug-likeness (QED) is 0.911. The number of aryl methyl sites for hydroxylation is 1. The highest BCUT2D eigenvalue weighted by Crippen LogP contribution is 2.14. The number of benzene rings is 1. The first-order valence-electron chi connectivity index (χ1n) is 5.40. The number of hydrogen-bond donors (Lipinski definition) is 1. The molecule has 0 atom stereocenters. The van der Waals surface area contributed by atoms with Crippen LogP contribution in [0.2, 0.25) is 5.02 Å². The molecular formula is C13H12ClFN2O. The molecule has 1 aromatic carbocycles. The van der Waals surface area contributed by atoms with Gasteiger partial charge in [-0.2, -0.15) is 0 Å². The zero-order valence-electron chi connectivity index (χ0n) is 9.78. The lowest BCUT2D eigenvalue weighted by molar-refractivity contribution is 0.0947. The molecule has 94 valence electrons. The topological polar surface area (TPSA) is 34.0 Å². The molecule has 2 aromatic rings. The minimum absolute atomic E-state index is 0.0431. The smallest absolute Gasteiger partial charge is 0.254 e. The second-order valence-corrected chi connectivity index (χ2v) is 4.43. The van der Waals surface area contributed by atoms with E-state index < -0.39 is 11.7 Å². The molecule has 1 amide bonds. The summed E-state index contributed by atoms with van der Waals surface area (Å²) < 4.78 is 15.3. The maximum atomic E-state index is 13.4. The van der Waals surface area contributed by atoms with Crippen LogP contribution in [0.5, 0.6) is 0 Å². The Labute approximate surface area is 109 Å². The highest BCUT2D eigenvalue weighted by atomic mass is 35.5. The van der Waals surface area contributed by atoms with Crippen molar-refractivity contribution in [3.05, 3.63) is 58.6 Å². The van der Waals surface area contributed by atoms with E-state index in [-0.39, 0.29) is 5.56 Å². The summed E-state index contributed by atoms with van der Waals surface area (Å²) in [6.07, 6.45) is 3.76. The van der Waals surface area contributed by atoms with Crippen LogP contribution in [0.15, 0.2) is 36.7 Å². The second kappa shape index (κ2) is 5.23. The summed E-state index contributed by atoms with van der Waals surface area (Å²) in [5.41, 5.74) is 0.909. The van der Waals surface area contributed by atoms with E-state index in [0.29, 0.717) is 11.6 Å². The summed E-state index contributed by atoms with van der Waals surface area (Å²) in [7, 11) is 1.89. The van der Waals surface area contributed by atoms with E-state index in [1.807, 2.05) is 30.1 Å². The van der Waals surface area contributed by atoms with E-state index in [1.165, 1.54) is 18.2 Å². The number of carbonyl (C=O) groups is 1. The Kier molecular flexibility index (Phi) is 3.67. The van der Waals surface area contributed by atoms with Crippen molar-refractivity contribution in [3.63, 3.8) is 0 Å². The lowest BCUT2D eigenvalue weighted by Gasteiger charge is -2.05. The van der Waals surface area contributed by atoms with Crippen molar-refractivity contribution in [2.45, 2.75) is 6.54 Å². The fraction of sp³-hybridized carbons (Fsp3) is 0.154. The number of carbonyl (C=O) groups excluding carboxylic acids is 1. The van der Waals surface area contributed by atoms with Gasteiger partial charge in [0.1, 0.15) is 5.82 Å². The SMILES string of the molecule is Cn1ccc(CNC(=O)c2cc(Cl)ccc2F)c1. The third kappa shape index (κ3) is 2.90. The molecule has 1 heterocycles. The standard InChI is InChI=1S/C13H12ClFN2O/c1-17-5-4-9(8-17)7-16-13(18)11-6-10(14)2-3-12(11)15/h2-6,8H,7H2,1H3,(H,16,18). The number of nitrogens with zero attached hydrogens (tertiary/aromatic N) is 1. The Bertz CT molecular complexity index is 580. The van der Waals surface area contributed by atoms with Gasteiger partial charge in [-0.25, -0.2) is 4.39 Å². The van der Waals surface area contributed by atoms with Crippen LogP contribution in [0.1, 0.15) is 15.9 Å². The van der Waals surface area contributed by atoms with Gasteiger partial charge in [0.15, 0.2) is 0 Å². The van der Waals surface area contributed by atoms with Crippen LogP contribution in [0.25, 0.3) is 0 Å². The maximum Gasteiger partial charge on any atom is 0.254 e. The molecule has 0 saturated heterocycles. The molecule has 1 N–H and O–H groups in total. The van der Waals surface area contributed by atoms with Gasteiger partial charge >= 0.3 is 0 Å². The Morgan fingerprint density at radius 2 is 2.22 bits per heavy atom. The number of hydrogen-bond acceptors (Lipinski definition) is 1. The van der Waals surface area contributed by atoms with Crippen LogP contribution < -0.4 is 5.32 Å². The fourth-order valence-electron chi connectivity index (χ4n) is 1.61. The van der Waals surface area contributed by atoms with Crippen molar-refractivity contribution in [2.24, 2.45) is 7.05 Å². The van der Waals surface area contributed by atoms with E-state index in [0.717, 1.165) is 5.56 Å². The van der Waals surface area contributed by atoms with Crippen LogP contribution in [-0.2, 0) is 13.6 Å². The first kappa shape index (κ1) is 12.6. The molecule has 18 heavy (non-hydrogen) atoms. The van der Waals surface area contributed by atoms with Gasteiger partial charge in [0.05, 0.1) is 5.56 Å². The number of rotatable bonds is 3. The summed E-state index contributed by atoms with van der Waals surface area (Å²) in [4.78, 5) is 11.8. The Morgan fingerprint density at radius 1 is 1.44 bits per heavy atom. The van der Waals surface area contributed by atoms with Gasteiger partial charge in [-0.1, -0.05) is 11.6 Å². The van der Waals surface area contributed by atoms with Crippen molar-refractivity contribution >= 4 is 17.5 Å². The van der Waals surface area contributed by atoms with Crippen molar-refractivity contribution < 1.29 is 9.18 Å². The predicted octanol–water partition coefficient (Wildman–Crippen LogP) is 2.75. The van der Waals surface area contributed by atoms with Crippen LogP contribution >= 0.6 is 11.6 Å². The van der Waals surface area contributed by atoms with Gasteiger partial charge in [-0.3, -0.25) is 4.79 Å². The number of amides is 1. The molecule has 0 aliphatic heterocycles. The molecule has 0 fully saturated rings. The highest BCUT2D eigenvalue weighted by molar-refractivity contribution is 6.30. The fourth-order valence-corrected chi connectivity index (χ4v) is 1.79. The van der Waals surface area contributed by atoms with E-state index in [4.69, 9.17) is 11.6 Å². The monoisotopic (exact) mass is 266 g/mol. The zero-order chi connectivity index (χ0) is 13.1. The lowest BCUT2D eigenvalue weighted by atomic mass is 10.2. The van der Waals surface area contributed by atoms with Crippen LogP contribution in [0.4, 0.5) is 4.39 Å². The predicted molar refractivity (Wildman–Crippen MR) is 68.0 cm³/mol. The van der Waals surface area contributed by atoms with E-state index >= 15 is 0 Å². The molecular weight excluding hydrogens is 255 g/mol. The zero-order valence-corrected chi connectivity index (χ0v) is 10.5. The summed E-state index contributed by atoms with van der Waals surface area (Å²) in [6.45, 7) is 0.353. The molecule has 0 saturated carbocycles. The van der Waals surface area contributed by atoms with Gasteiger partial charge in [0.25, 0.3) is 5.91 Å². The Morgan fingerprint density at radius 3 is 2.89 bits per heavy atom. The highest BCUT2D eigenvalue weighted by Gasteiger charge is 2.11. The summed E-state index contributed by atoms with van der Waals surface area (Å²) in [5, 5.41) is 2.98. The largest absolute Gasteiger partial charge is 0.357 e. The van der Waals surface area contributed by atoms with Gasteiger partial charge in [-0.05, 0) is 29.8 Å². The van der Waals surface area contributed by atoms with Crippen molar-refractivity contribution in [1.82, 2.24) is 9.88 Å². The number of nitrogens with one attached hydrogen (secondary N) is 1. The maximum absolute atomic E-state index is 13.4. The summed E-state index contributed by atoms with van der Waals surface area (Å²) in [6, 6.07) is 5.79. The molecule has 1 aromatic heterocycles. The Hall–Kier alpha value is -1.81. The van der Waals surface area contributed by atoms with Crippen molar-refractivity contribution in [3.8, 4) is 0 Å².